The predicted octanol–water partition coefficient (Wildman–Crippen LogP) is 4.53. The Bertz CT molecular complexity index is 1780. The number of imidazole rings is 1. The number of nitrogen functional groups attached to an aromatic ring is 1. The third-order valence-electron chi connectivity index (χ3n) is 8.16. The molecular weight excluding hydrogens is 564 g/mol. The van der Waals surface area contributed by atoms with Gasteiger partial charge >= 0.3 is 0 Å². The van der Waals surface area contributed by atoms with Gasteiger partial charge in [-0.3, -0.25) is 24.6 Å². The molecule has 0 radical (unpaired) electrons. The number of aromatic amines is 1. The number of carbonyl (C=O) groups is 2. The van der Waals surface area contributed by atoms with Gasteiger partial charge in [0, 0.05) is 23.7 Å². The van der Waals surface area contributed by atoms with E-state index in [1.165, 1.54) is 11.0 Å². The number of aromatic nitrogens is 2. The Morgan fingerprint density at radius 2 is 1.82 bits per heavy atom. The Labute approximate surface area is 254 Å². The molecule has 4 aromatic rings. The SMILES string of the molecule is COc1ccc(CCNCCCN2C(=O)c3c(cc(N)c4[nH]c(-c5ccc(C)c([N+](=O)[O-])c5)nc34)C(C)(C)C2=O)cc1OC. The lowest BCUT2D eigenvalue weighted by atomic mass is 9.76. The number of aryl methyl sites for hydroxylation is 1. The number of nitrogens with two attached hydrogens (primary N) is 1. The number of methoxy groups -OCH3 is 2. The number of nitro groups is 1. The molecule has 12 heteroatoms. The summed E-state index contributed by atoms with van der Waals surface area (Å²) in [5.41, 5.74) is 9.36. The van der Waals surface area contributed by atoms with Crippen LogP contribution in [0.2, 0.25) is 0 Å². The van der Waals surface area contributed by atoms with Crippen molar-refractivity contribution in [1.29, 1.82) is 0 Å². The average Bonchev–Trinajstić information content (AvgIpc) is 3.45. The number of anilines is 1. The molecule has 44 heavy (non-hydrogen) atoms. The van der Waals surface area contributed by atoms with E-state index in [9.17, 15) is 19.7 Å². The van der Waals surface area contributed by atoms with Crippen molar-refractivity contribution < 1.29 is 24.0 Å². The molecule has 0 spiro atoms. The lowest BCUT2D eigenvalue weighted by molar-refractivity contribution is -0.385. The zero-order valence-electron chi connectivity index (χ0n) is 25.4. The lowest BCUT2D eigenvalue weighted by Crippen LogP contribution is -2.52. The molecule has 3 aromatic carbocycles. The van der Waals surface area contributed by atoms with E-state index in [1.807, 2.05) is 18.2 Å². The molecule has 1 aliphatic rings. The fourth-order valence-electron chi connectivity index (χ4n) is 5.63. The van der Waals surface area contributed by atoms with Crippen LogP contribution in [-0.2, 0) is 16.6 Å². The number of nitro benzene ring substituents is 1. The van der Waals surface area contributed by atoms with Gasteiger partial charge in [0.25, 0.3) is 11.6 Å². The van der Waals surface area contributed by atoms with Gasteiger partial charge in [-0.1, -0.05) is 18.2 Å². The van der Waals surface area contributed by atoms with Gasteiger partial charge in [0.2, 0.25) is 5.91 Å². The molecule has 1 aromatic heterocycles. The highest BCUT2D eigenvalue weighted by molar-refractivity contribution is 6.19. The third kappa shape index (κ3) is 5.44. The van der Waals surface area contributed by atoms with Crippen LogP contribution in [0.5, 0.6) is 11.5 Å². The van der Waals surface area contributed by atoms with E-state index in [0.717, 1.165) is 12.0 Å². The van der Waals surface area contributed by atoms with Crippen molar-refractivity contribution in [3.63, 3.8) is 0 Å². The van der Waals surface area contributed by atoms with Crippen molar-refractivity contribution >= 4 is 34.2 Å². The summed E-state index contributed by atoms with van der Waals surface area (Å²) in [5.74, 6) is 0.956. The number of carbonyl (C=O) groups excluding carboxylic acids is 2. The second-order valence-electron chi connectivity index (χ2n) is 11.4. The van der Waals surface area contributed by atoms with Crippen LogP contribution >= 0.6 is 0 Å². The molecule has 5 rings (SSSR count). The van der Waals surface area contributed by atoms with Gasteiger partial charge in [-0.05, 0) is 76.0 Å². The monoisotopic (exact) mass is 600 g/mol. The molecule has 2 amide bonds. The summed E-state index contributed by atoms with van der Waals surface area (Å²) < 4.78 is 10.7. The van der Waals surface area contributed by atoms with Gasteiger partial charge in [0.05, 0.1) is 41.3 Å². The van der Waals surface area contributed by atoms with Gasteiger partial charge in [0.15, 0.2) is 11.5 Å². The second-order valence-corrected chi connectivity index (χ2v) is 11.4. The lowest BCUT2D eigenvalue weighted by Gasteiger charge is -2.37. The summed E-state index contributed by atoms with van der Waals surface area (Å²) >= 11 is 0. The first-order chi connectivity index (χ1) is 21.0. The normalized spacial score (nSPS) is 14.2. The number of amides is 2. The molecule has 4 N–H and O–H groups in total. The Morgan fingerprint density at radius 3 is 2.52 bits per heavy atom. The molecule has 0 unspecified atom stereocenters. The zero-order valence-corrected chi connectivity index (χ0v) is 25.4. The number of nitrogens with zero attached hydrogens (tertiary/aromatic N) is 3. The summed E-state index contributed by atoms with van der Waals surface area (Å²) in [6, 6.07) is 12.3. The van der Waals surface area contributed by atoms with Crippen molar-refractivity contribution in [2.24, 2.45) is 0 Å². The fraction of sp³-hybridized carbons (Fsp3) is 0.344. The van der Waals surface area contributed by atoms with Gasteiger partial charge in [-0.25, -0.2) is 4.98 Å². The number of fused-ring (bicyclic) bond motifs is 3. The van der Waals surface area contributed by atoms with Crippen LogP contribution in [0.15, 0.2) is 42.5 Å². The number of nitrogens with one attached hydrogen (secondary N) is 2. The molecule has 0 bridgehead atoms. The minimum Gasteiger partial charge on any atom is -0.493 e. The number of benzene rings is 3. The van der Waals surface area contributed by atoms with E-state index in [4.69, 9.17) is 15.2 Å². The number of rotatable bonds is 11. The van der Waals surface area contributed by atoms with E-state index >= 15 is 0 Å². The zero-order chi connectivity index (χ0) is 31.8. The number of hydrogen-bond donors (Lipinski definition) is 3. The van der Waals surface area contributed by atoms with Crippen LogP contribution in [0.1, 0.15) is 47.3 Å². The molecule has 0 saturated carbocycles. The van der Waals surface area contributed by atoms with Crippen LogP contribution in [0, 0.1) is 17.0 Å². The highest BCUT2D eigenvalue weighted by Gasteiger charge is 2.46. The van der Waals surface area contributed by atoms with Gasteiger partial charge in [-0.15, -0.1) is 0 Å². The highest BCUT2D eigenvalue weighted by atomic mass is 16.6. The first kappa shape index (κ1) is 30.5. The van der Waals surface area contributed by atoms with Gasteiger partial charge < -0.3 is 25.5 Å². The molecule has 0 aliphatic carbocycles. The van der Waals surface area contributed by atoms with Crippen molar-refractivity contribution in [3.05, 3.63) is 74.8 Å². The van der Waals surface area contributed by atoms with Crippen LogP contribution in [0.3, 0.4) is 0 Å². The molecule has 0 atom stereocenters. The molecule has 12 nitrogen and oxygen atoms in total. The highest BCUT2D eigenvalue weighted by Crippen LogP contribution is 2.41. The Balaban J connectivity index is 1.34. The maximum absolute atomic E-state index is 13.9. The Kier molecular flexibility index (Phi) is 8.29. The van der Waals surface area contributed by atoms with E-state index < -0.39 is 16.2 Å². The first-order valence-electron chi connectivity index (χ1n) is 14.3. The summed E-state index contributed by atoms with van der Waals surface area (Å²) in [4.78, 5) is 47.6. The van der Waals surface area contributed by atoms with Crippen molar-refractivity contribution in [2.45, 2.75) is 39.0 Å². The van der Waals surface area contributed by atoms with E-state index in [2.05, 4.69) is 15.3 Å². The molecule has 0 fully saturated rings. The van der Waals surface area contributed by atoms with Crippen LogP contribution in [0.25, 0.3) is 22.4 Å². The Morgan fingerprint density at radius 1 is 1.07 bits per heavy atom. The van der Waals surface area contributed by atoms with Gasteiger partial charge in [0.1, 0.15) is 11.3 Å². The topological polar surface area (TPSA) is 166 Å². The first-order valence-corrected chi connectivity index (χ1v) is 14.3. The van der Waals surface area contributed by atoms with Crippen molar-refractivity contribution in [3.8, 4) is 22.9 Å². The molecule has 1 aliphatic heterocycles. The molecular formula is C32H36N6O6. The smallest absolute Gasteiger partial charge is 0.273 e. The maximum Gasteiger partial charge on any atom is 0.273 e. The van der Waals surface area contributed by atoms with Crippen molar-refractivity contribution in [2.75, 3.05) is 39.6 Å². The van der Waals surface area contributed by atoms with Crippen LogP contribution < -0.4 is 20.5 Å². The number of ether oxygens (including phenoxy) is 2. The molecule has 0 saturated heterocycles. The minimum absolute atomic E-state index is 0.0377. The standard InChI is InChI=1S/C32H36N6O6/c1-18-7-9-20(16-23(18)38(41)42)29-35-27-22(33)17-21-26(28(27)36-29)30(39)37(31(40)32(21,2)3)14-6-12-34-13-11-19-8-10-24(43-4)25(15-19)44-5/h7-10,15-17,34H,6,11-14,33H2,1-5H3,(H,35,36). The molecule has 2 heterocycles. The van der Waals surface area contributed by atoms with Gasteiger partial charge in [-0.2, -0.15) is 0 Å². The van der Waals surface area contributed by atoms with E-state index in [-0.39, 0.29) is 18.1 Å². The van der Waals surface area contributed by atoms with E-state index in [1.54, 1.807) is 53.2 Å². The Hall–Kier alpha value is -4.97. The quantitative estimate of drug-likeness (QED) is 0.0737. The number of H-pyrrole nitrogens is 1. The number of hydrogen-bond acceptors (Lipinski definition) is 9. The largest absolute Gasteiger partial charge is 0.493 e. The summed E-state index contributed by atoms with van der Waals surface area (Å²) in [6.45, 7) is 6.76. The van der Waals surface area contributed by atoms with Crippen LogP contribution in [-0.4, -0.2) is 65.5 Å². The summed E-state index contributed by atoms with van der Waals surface area (Å²) in [7, 11) is 3.20. The van der Waals surface area contributed by atoms with E-state index in [0.29, 0.717) is 75.8 Å². The summed E-state index contributed by atoms with van der Waals surface area (Å²) in [5, 5.41) is 14.9. The third-order valence-corrected chi connectivity index (χ3v) is 8.16. The second kappa shape index (κ2) is 12.0. The molecule has 230 valence electrons. The summed E-state index contributed by atoms with van der Waals surface area (Å²) in [6.07, 6.45) is 1.33. The number of imide groups is 1. The minimum atomic E-state index is -1.02. The predicted molar refractivity (Wildman–Crippen MR) is 167 cm³/mol. The van der Waals surface area contributed by atoms with Crippen LogP contribution in [0.4, 0.5) is 11.4 Å². The van der Waals surface area contributed by atoms with Crippen molar-refractivity contribution in [1.82, 2.24) is 20.2 Å². The average molecular weight is 601 g/mol. The fourth-order valence-corrected chi connectivity index (χ4v) is 5.63. The maximum atomic E-state index is 13.9.